The summed E-state index contributed by atoms with van der Waals surface area (Å²) < 4.78 is 6.05. The van der Waals surface area contributed by atoms with Gasteiger partial charge >= 0.3 is 0 Å². The monoisotopic (exact) mass is 749 g/mol. The van der Waals surface area contributed by atoms with E-state index in [2.05, 4.69) is 44.2 Å². The van der Waals surface area contributed by atoms with Gasteiger partial charge in [0.25, 0.3) is 0 Å². The predicted octanol–water partition coefficient (Wildman–Crippen LogP) is 10.9. The topological polar surface area (TPSA) is 59.4 Å². The number of pyridine rings is 1. The van der Waals surface area contributed by atoms with E-state index in [0.29, 0.717) is 23.5 Å². The molecule has 231 valence electrons. The molecule has 1 saturated carbocycles. The Balaban J connectivity index is 0.000000334. The second-order valence-corrected chi connectivity index (χ2v) is 13.0. The maximum absolute atomic E-state index is 11.8. The van der Waals surface area contributed by atoms with E-state index in [0.717, 1.165) is 12.8 Å². The Bertz CT molecular complexity index is 1320. The summed E-state index contributed by atoms with van der Waals surface area (Å²) in [6.07, 6.45) is 9.40. The number of aliphatic hydroxyl groups is 1. The molecule has 0 spiro atoms. The number of ketones is 1. The zero-order valence-corrected chi connectivity index (χ0v) is 29.2. The molecule has 0 unspecified atom stereocenters. The van der Waals surface area contributed by atoms with Crippen LogP contribution in [-0.2, 0) is 24.9 Å². The van der Waals surface area contributed by atoms with Crippen molar-refractivity contribution < 1.29 is 34.7 Å². The Hall–Kier alpha value is -2.49. The second kappa shape index (κ2) is 15.8. The molecule has 0 atom stereocenters. The summed E-state index contributed by atoms with van der Waals surface area (Å²) >= 11 is 0. The average Bonchev–Trinajstić information content (AvgIpc) is 2.97. The zero-order valence-electron chi connectivity index (χ0n) is 26.8. The smallest absolute Gasteiger partial charge is 0.217 e. The fourth-order valence-electron chi connectivity index (χ4n) is 4.80. The third-order valence-corrected chi connectivity index (χ3v) is 8.81. The molecule has 1 aliphatic carbocycles. The van der Waals surface area contributed by atoms with Crippen molar-refractivity contribution in [3.63, 3.8) is 0 Å². The molecule has 1 fully saturated rings. The summed E-state index contributed by atoms with van der Waals surface area (Å²) in [5, 5.41) is 12.4. The first-order valence-electron chi connectivity index (χ1n) is 15.4. The summed E-state index contributed by atoms with van der Waals surface area (Å²) in [7, 11) is 0. The van der Waals surface area contributed by atoms with Crippen molar-refractivity contribution in [1.29, 1.82) is 0 Å². The van der Waals surface area contributed by atoms with Crippen molar-refractivity contribution in [3.05, 3.63) is 77.7 Å². The summed E-state index contributed by atoms with van der Waals surface area (Å²) in [5.74, 6) is 2.65. The summed E-state index contributed by atoms with van der Waals surface area (Å²) in [6, 6.07) is 19.7. The number of allylic oxidation sites excluding steroid dienone is 2. The van der Waals surface area contributed by atoms with Crippen LogP contribution >= 0.6 is 0 Å². The molecular formula is C37H50IrNO3-. The third kappa shape index (κ3) is 9.51. The third-order valence-electron chi connectivity index (χ3n) is 8.81. The van der Waals surface area contributed by atoms with Crippen LogP contribution in [-0.4, -0.2) is 15.9 Å². The van der Waals surface area contributed by atoms with E-state index >= 15 is 0 Å². The summed E-state index contributed by atoms with van der Waals surface area (Å²) in [5.41, 5.74) is 1.89. The van der Waals surface area contributed by atoms with Gasteiger partial charge in [0.05, 0.1) is 5.69 Å². The number of aliphatic hydroxyl groups excluding tert-OH is 1. The maximum atomic E-state index is 11.8. The Morgan fingerprint density at radius 1 is 1.02 bits per heavy atom. The van der Waals surface area contributed by atoms with E-state index in [1.54, 1.807) is 0 Å². The van der Waals surface area contributed by atoms with Gasteiger partial charge in [-0.2, -0.15) is 18.2 Å². The minimum atomic E-state index is -0.377. The number of benzene rings is 2. The second-order valence-electron chi connectivity index (χ2n) is 13.0. The van der Waals surface area contributed by atoms with E-state index in [-0.39, 0.29) is 42.5 Å². The van der Waals surface area contributed by atoms with Gasteiger partial charge in [-0.05, 0) is 42.6 Å². The summed E-state index contributed by atoms with van der Waals surface area (Å²) in [6.45, 7) is 16.1. The van der Waals surface area contributed by atoms with Crippen LogP contribution in [0.4, 0.5) is 0 Å². The van der Waals surface area contributed by atoms with Gasteiger partial charge in [-0.3, -0.25) is 4.79 Å². The number of carbonyl (C=O) groups is 1. The van der Waals surface area contributed by atoms with Crippen molar-refractivity contribution in [2.24, 2.45) is 10.8 Å². The number of para-hydroxylation sites is 1. The summed E-state index contributed by atoms with van der Waals surface area (Å²) in [4.78, 5) is 16.8. The molecule has 5 heteroatoms. The Kier molecular flexibility index (Phi) is 13.5. The van der Waals surface area contributed by atoms with Crippen molar-refractivity contribution in [2.45, 2.75) is 112 Å². The van der Waals surface area contributed by atoms with E-state index < -0.39 is 0 Å². The average molecular weight is 749 g/mol. The van der Waals surface area contributed by atoms with Crippen LogP contribution in [0.1, 0.15) is 123 Å². The molecule has 4 nitrogen and oxygen atoms in total. The predicted molar refractivity (Wildman–Crippen MR) is 171 cm³/mol. The molecule has 42 heavy (non-hydrogen) atoms. The Labute approximate surface area is 267 Å². The maximum Gasteiger partial charge on any atom is 0.217 e. The van der Waals surface area contributed by atoms with Crippen LogP contribution < -0.4 is 4.74 Å². The van der Waals surface area contributed by atoms with Crippen molar-refractivity contribution in [3.8, 4) is 11.6 Å². The molecule has 3 aromatic rings. The minimum absolute atomic E-state index is 0. The molecule has 1 aliphatic rings. The Morgan fingerprint density at radius 3 is 2.26 bits per heavy atom. The molecule has 1 aromatic heterocycles. The van der Waals surface area contributed by atoms with Crippen LogP contribution in [0, 0.1) is 16.9 Å². The molecule has 0 bridgehead atoms. The molecular weight excluding hydrogens is 699 g/mol. The first-order valence-corrected chi connectivity index (χ1v) is 15.4. The van der Waals surface area contributed by atoms with Gasteiger partial charge in [-0.15, -0.1) is 12.1 Å². The zero-order chi connectivity index (χ0) is 30.2. The van der Waals surface area contributed by atoms with Gasteiger partial charge in [0.2, 0.25) is 5.88 Å². The molecule has 2 aromatic carbocycles. The fourth-order valence-corrected chi connectivity index (χ4v) is 4.80. The molecule has 1 heterocycles. The van der Waals surface area contributed by atoms with E-state index in [9.17, 15) is 9.90 Å². The fraction of sp³-hybridized carbons (Fsp3) is 0.514. The number of carbonyl (C=O) groups excluding carboxylic acids is 1. The number of hydrogen-bond donors (Lipinski definition) is 1. The number of nitrogens with zero attached hydrogens (tertiary/aromatic N) is 1. The van der Waals surface area contributed by atoms with Crippen LogP contribution in [0.5, 0.6) is 11.6 Å². The van der Waals surface area contributed by atoms with Gasteiger partial charge in [0.1, 0.15) is 5.76 Å². The standard InChI is InChI=1S/C24H26NO.C13H24O2.Ir/c1-17(2)19-13-14-22-20(15-19)16-23(26-21-11-7-4-8-12-21)25-24(22)18-9-5-3-6-10-18;1-7-12(3,4)10(14)9-11(15)13(5,6)8-2;/h4,7-8,11,13-18H,3,5-6,9-10H2,1-2H3;9,14H,7-8H2,1-6H3;/q-1;;/b;10-9-;. The number of fused-ring (bicyclic) bond motifs is 1. The number of rotatable bonds is 9. The van der Waals surface area contributed by atoms with Crippen molar-refractivity contribution in [2.75, 3.05) is 0 Å². The largest absolute Gasteiger partial charge is 0.512 e. The number of ether oxygens (including phenoxy) is 1. The van der Waals surface area contributed by atoms with Crippen molar-refractivity contribution in [1.82, 2.24) is 4.98 Å². The molecule has 0 aliphatic heterocycles. The Morgan fingerprint density at radius 2 is 1.69 bits per heavy atom. The first kappa shape index (κ1) is 35.7. The minimum Gasteiger partial charge on any atom is -0.512 e. The van der Waals surface area contributed by atoms with E-state index in [1.807, 2.05) is 65.8 Å². The van der Waals surface area contributed by atoms with Gasteiger partial charge in [0, 0.05) is 60.1 Å². The number of hydrogen-bond acceptors (Lipinski definition) is 4. The van der Waals surface area contributed by atoms with Crippen LogP contribution in [0.2, 0.25) is 0 Å². The number of aromatic nitrogens is 1. The molecule has 0 saturated heterocycles. The van der Waals surface area contributed by atoms with Crippen LogP contribution in [0.15, 0.2) is 60.4 Å². The van der Waals surface area contributed by atoms with E-state index in [1.165, 1.54) is 60.2 Å². The molecule has 4 rings (SSSR count). The van der Waals surface area contributed by atoms with Gasteiger partial charge in [0.15, 0.2) is 5.78 Å². The van der Waals surface area contributed by atoms with Crippen LogP contribution in [0.25, 0.3) is 10.8 Å². The van der Waals surface area contributed by atoms with Gasteiger partial charge in [-0.25, -0.2) is 4.98 Å². The molecule has 1 N–H and O–H groups in total. The van der Waals surface area contributed by atoms with Crippen LogP contribution in [0.3, 0.4) is 0 Å². The first-order chi connectivity index (χ1) is 19.4. The normalized spacial score (nSPS) is 14.6. The SMILES string of the molecule is CC(C)c1ccc2c(C3CCCCC3)nc(Oc3[c-]cccc3)cc2c1.CCC(C)(C)C(=O)/C=C(\O)C(C)(C)CC.[Ir]. The van der Waals surface area contributed by atoms with Crippen molar-refractivity contribution >= 4 is 16.6 Å². The van der Waals surface area contributed by atoms with E-state index in [4.69, 9.17) is 9.72 Å². The quantitative estimate of drug-likeness (QED) is 0.134. The van der Waals surface area contributed by atoms with Gasteiger partial charge in [-0.1, -0.05) is 92.9 Å². The molecule has 0 amide bonds. The van der Waals surface area contributed by atoms with Gasteiger partial charge < -0.3 is 9.84 Å². The molecule has 1 radical (unpaired) electrons.